The Morgan fingerprint density at radius 2 is 1.93 bits per heavy atom. The molecule has 0 aliphatic carbocycles. The van der Waals surface area contributed by atoms with Crippen molar-refractivity contribution in [3.05, 3.63) is 35.6 Å². The number of halogens is 1. The maximum atomic E-state index is 13.3. The minimum atomic E-state index is -2.74. The van der Waals surface area contributed by atoms with Crippen LogP contribution in [0.25, 0.3) is 0 Å². The van der Waals surface area contributed by atoms with E-state index in [-0.39, 0.29) is 23.4 Å². The molecule has 30 heavy (non-hydrogen) atoms. The summed E-state index contributed by atoms with van der Waals surface area (Å²) < 4.78 is 41.2. The van der Waals surface area contributed by atoms with Gasteiger partial charge in [0.1, 0.15) is 5.82 Å². The van der Waals surface area contributed by atoms with Gasteiger partial charge in [-0.1, -0.05) is 19.1 Å². The highest BCUT2D eigenvalue weighted by molar-refractivity contribution is 7.93. The lowest BCUT2D eigenvalue weighted by Gasteiger charge is -2.32. The quantitative estimate of drug-likeness (QED) is 0.678. The number of ether oxygens (including phenoxy) is 2. The van der Waals surface area contributed by atoms with E-state index in [0.29, 0.717) is 51.1 Å². The molecule has 7 nitrogen and oxygen atoms in total. The average molecular weight is 441 g/mol. The van der Waals surface area contributed by atoms with Gasteiger partial charge in [-0.2, -0.15) is 4.36 Å². The van der Waals surface area contributed by atoms with Crippen LogP contribution in [0.1, 0.15) is 31.7 Å². The standard InChI is InChI=1S/C21H29FN2O5S/c1-15(12-16-4-3-5-17(22)13-16)21(26)23-30(2,27)18-6-8-24(9-7-18)19(25)14-20-28-10-11-29-20/h3-5,13,15,18,20H,6-12,14H2,1-2H3. The van der Waals surface area contributed by atoms with E-state index in [4.69, 9.17) is 9.47 Å². The van der Waals surface area contributed by atoms with Gasteiger partial charge in [-0.05, 0) is 37.0 Å². The second kappa shape index (κ2) is 9.98. The zero-order chi connectivity index (χ0) is 21.7. The van der Waals surface area contributed by atoms with Crippen LogP contribution >= 0.6 is 0 Å². The van der Waals surface area contributed by atoms with E-state index < -0.39 is 27.8 Å². The number of piperidine rings is 1. The lowest BCUT2D eigenvalue weighted by Crippen LogP contribution is -2.43. The van der Waals surface area contributed by atoms with Crippen LogP contribution in [-0.4, -0.2) is 65.0 Å². The van der Waals surface area contributed by atoms with Crippen molar-refractivity contribution < 1.29 is 27.7 Å². The van der Waals surface area contributed by atoms with Crippen molar-refractivity contribution in [1.82, 2.24) is 4.90 Å². The van der Waals surface area contributed by atoms with E-state index in [9.17, 15) is 18.2 Å². The molecular weight excluding hydrogens is 411 g/mol. The molecule has 1 aromatic carbocycles. The molecule has 0 saturated carbocycles. The van der Waals surface area contributed by atoms with E-state index in [2.05, 4.69) is 4.36 Å². The van der Waals surface area contributed by atoms with Gasteiger partial charge in [0.2, 0.25) is 5.91 Å². The highest BCUT2D eigenvalue weighted by Gasteiger charge is 2.30. The van der Waals surface area contributed by atoms with Crippen LogP contribution in [0.3, 0.4) is 0 Å². The van der Waals surface area contributed by atoms with Crippen molar-refractivity contribution in [3.63, 3.8) is 0 Å². The minimum Gasteiger partial charge on any atom is -0.350 e. The van der Waals surface area contributed by atoms with Gasteiger partial charge in [0.25, 0.3) is 5.91 Å². The summed E-state index contributed by atoms with van der Waals surface area (Å²) in [7, 11) is -2.74. The molecule has 2 atom stereocenters. The largest absolute Gasteiger partial charge is 0.350 e. The van der Waals surface area contributed by atoms with Crippen LogP contribution in [0.15, 0.2) is 28.6 Å². The van der Waals surface area contributed by atoms with Gasteiger partial charge in [-0.15, -0.1) is 0 Å². The van der Waals surface area contributed by atoms with Crippen LogP contribution in [0, 0.1) is 11.7 Å². The summed E-state index contributed by atoms with van der Waals surface area (Å²) in [4.78, 5) is 26.6. The third-order valence-corrected chi connectivity index (χ3v) is 7.82. The Labute approximate surface area is 177 Å². The Bertz CT molecular complexity index is 885. The molecule has 3 rings (SSSR count). The number of carbonyl (C=O) groups excluding carboxylic acids is 2. The zero-order valence-corrected chi connectivity index (χ0v) is 18.2. The topological polar surface area (TPSA) is 85.3 Å². The maximum absolute atomic E-state index is 13.3. The predicted octanol–water partition coefficient (Wildman–Crippen LogP) is 2.38. The lowest BCUT2D eigenvalue weighted by atomic mass is 10.0. The van der Waals surface area contributed by atoms with Crippen LogP contribution in [0.5, 0.6) is 0 Å². The number of nitrogens with zero attached hydrogens (tertiary/aromatic N) is 2. The van der Waals surface area contributed by atoms with Crippen molar-refractivity contribution in [2.24, 2.45) is 10.3 Å². The molecule has 0 aromatic heterocycles. The number of benzene rings is 1. The fraction of sp³-hybridized carbons (Fsp3) is 0.619. The maximum Gasteiger partial charge on any atom is 0.256 e. The molecule has 2 amide bonds. The monoisotopic (exact) mass is 440 g/mol. The molecule has 2 saturated heterocycles. The first-order chi connectivity index (χ1) is 14.2. The number of hydrogen-bond acceptors (Lipinski definition) is 5. The molecule has 166 valence electrons. The summed E-state index contributed by atoms with van der Waals surface area (Å²) in [5, 5.41) is -0.245. The number of amides is 2. The first kappa shape index (κ1) is 22.8. The van der Waals surface area contributed by atoms with Crippen molar-refractivity contribution in [2.75, 3.05) is 32.6 Å². The van der Waals surface area contributed by atoms with E-state index in [0.717, 1.165) is 0 Å². The molecule has 2 aliphatic heterocycles. The number of carbonyl (C=O) groups is 2. The Balaban J connectivity index is 1.54. The summed E-state index contributed by atoms with van der Waals surface area (Å²) in [6.45, 7) is 3.67. The second-order valence-corrected chi connectivity index (χ2v) is 10.6. The molecule has 2 unspecified atom stereocenters. The van der Waals surface area contributed by atoms with Crippen molar-refractivity contribution in [1.29, 1.82) is 0 Å². The Kier molecular flexibility index (Phi) is 7.60. The van der Waals surface area contributed by atoms with Crippen LogP contribution < -0.4 is 0 Å². The fourth-order valence-electron chi connectivity index (χ4n) is 3.79. The van der Waals surface area contributed by atoms with Crippen LogP contribution in [0.2, 0.25) is 0 Å². The van der Waals surface area contributed by atoms with E-state index in [1.165, 1.54) is 18.4 Å². The number of likely N-dealkylation sites (tertiary alicyclic amines) is 1. The van der Waals surface area contributed by atoms with E-state index in [1.54, 1.807) is 24.0 Å². The molecule has 9 heteroatoms. The van der Waals surface area contributed by atoms with Gasteiger partial charge < -0.3 is 14.4 Å². The summed E-state index contributed by atoms with van der Waals surface area (Å²) in [5.41, 5.74) is 0.704. The Morgan fingerprint density at radius 1 is 1.27 bits per heavy atom. The zero-order valence-electron chi connectivity index (χ0n) is 17.4. The SMILES string of the molecule is CC(Cc1cccc(F)c1)C(=O)N=S(C)(=O)C1CCN(C(=O)CC2OCCO2)CC1. The first-order valence-corrected chi connectivity index (χ1v) is 12.2. The van der Waals surface area contributed by atoms with Crippen molar-refractivity contribution in [3.8, 4) is 0 Å². The highest BCUT2D eigenvalue weighted by atomic mass is 32.2. The summed E-state index contributed by atoms with van der Waals surface area (Å²) in [6.07, 6.45) is 2.63. The van der Waals surface area contributed by atoms with Crippen LogP contribution in [-0.2, 0) is 35.2 Å². The van der Waals surface area contributed by atoms with E-state index in [1.807, 2.05) is 0 Å². The Hall–Kier alpha value is -1.84. The number of hydrogen-bond donors (Lipinski definition) is 0. The highest BCUT2D eigenvalue weighted by Crippen LogP contribution is 2.22. The van der Waals surface area contributed by atoms with Gasteiger partial charge >= 0.3 is 0 Å². The van der Waals surface area contributed by atoms with Gasteiger partial charge in [-0.25, -0.2) is 8.60 Å². The molecule has 0 N–H and O–H groups in total. The first-order valence-electron chi connectivity index (χ1n) is 10.2. The third-order valence-electron chi connectivity index (χ3n) is 5.57. The van der Waals surface area contributed by atoms with Crippen molar-refractivity contribution >= 4 is 21.5 Å². The average Bonchev–Trinajstić information content (AvgIpc) is 3.20. The minimum absolute atomic E-state index is 0.0420. The molecule has 2 heterocycles. The lowest BCUT2D eigenvalue weighted by molar-refractivity contribution is -0.140. The smallest absolute Gasteiger partial charge is 0.256 e. The number of rotatable bonds is 6. The van der Waals surface area contributed by atoms with Gasteiger partial charge in [0, 0.05) is 30.5 Å². The third kappa shape index (κ3) is 6.09. The molecular formula is C21H29FN2O5S. The predicted molar refractivity (Wildman–Crippen MR) is 111 cm³/mol. The Morgan fingerprint density at radius 3 is 2.57 bits per heavy atom. The molecule has 2 fully saturated rings. The van der Waals surface area contributed by atoms with Gasteiger partial charge in [0.15, 0.2) is 6.29 Å². The summed E-state index contributed by atoms with van der Waals surface area (Å²) >= 11 is 0. The van der Waals surface area contributed by atoms with E-state index >= 15 is 0 Å². The molecule has 0 spiro atoms. The van der Waals surface area contributed by atoms with Crippen LogP contribution in [0.4, 0.5) is 4.39 Å². The molecule has 2 aliphatic rings. The molecule has 0 bridgehead atoms. The summed E-state index contributed by atoms with van der Waals surface area (Å²) in [5.74, 6) is -1.31. The normalized spacial score (nSPS) is 21.2. The van der Waals surface area contributed by atoms with Gasteiger partial charge in [0.05, 0.1) is 29.4 Å². The fourth-order valence-corrected chi connectivity index (χ4v) is 5.56. The molecule has 1 aromatic rings. The van der Waals surface area contributed by atoms with Crippen molar-refractivity contribution in [2.45, 2.75) is 44.1 Å². The molecule has 0 radical (unpaired) electrons. The second-order valence-electron chi connectivity index (χ2n) is 7.98. The summed E-state index contributed by atoms with van der Waals surface area (Å²) in [6, 6.07) is 6.10. The van der Waals surface area contributed by atoms with Gasteiger partial charge in [-0.3, -0.25) is 9.59 Å².